The van der Waals surface area contributed by atoms with Crippen LogP contribution in [0.25, 0.3) is 5.69 Å². The number of anilines is 1. The van der Waals surface area contributed by atoms with Crippen LogP contribution in [-0.2, 0) is 23.4 Å². The molecule has 0 bridgehead atoms. The third-order valence-electron chi connectivity index (χ3n) is 5.26. The van der Waals surface area contributed by atoms with Crippen LogP contribution in [0.3, 0.4) is 0 Å². The Hall–Kier alpha value is -3.30. The zero-order valence-electron chi connectivity index (χ0n) is 17.6. The molecule has 32 heavy (non-hydrogen) atoms. The predicted molar refractivity (Wildman–Crippen MR) is 123 cm³/mol. The Bertz CT molecular complexity index is 1220. The van der Waals surface area contributed by atoms with E-state index in [-0.39, 0.29) is 29.1 Å². The first-order valence-corrected chi connectivity index (χ1v) is 11.6. The average Bonchev–Trinajstić information content (AvgIpc) is 3.58. The molecule has 1 aromatic heterocycles. The topological polar surface area (TPSA) is 113 Å². The lowest BCUT2D eigenvalue weighted by molar-refractivity contribution is 0.0951. The zero-order valence-corrected chi connectivity index (χ0v) is 18.4. The van der Waals surface area contributed by atoms with Crippen LogP contribution in [0.15, 0.2) is 59.7 Å². The van der Waals surface area contributed by atoms with Crippen LogP contribution < -0.4 is 16.2 Å². The Morgan fingerprint density at radius 2 is 1.91 bits per heavy atom. The molecule has 1 aliphatic rings. The van der Waals surface area contributed by atoms with Crippen LogP contribution in [0.2, 0.25) is 0 Å². The van der Waals surface area contributed by atoms with Crippen molar-refractivity contribution in [1.82, 2.24) is 14.9 Å². The summed E-state index contributed by atoms with van der Waals surface area (Å²) >= 11 is -1.88. The fourth-order valence-corrected chi connectivity index (χ4v) is 3.79. The summed E-state index contributed by atoms with van der Waals surface area (Å²) < 4.78 is 21.4. The van der Waals surface area contributed by atoms with Gasteiger partial charge in [-0.1, -0.05) is 30.3 Å². The Kier molecular flexibility index (Phi) is 6.48. The summed E-state index contributed by atoms with van der Waals surface area (Å²) in [5.41, 5.74) is 3.36. The predicted octanol–water partition coefficient (Wildman–Crippen LogP) is 2.77. The van der Waals surface area contributed by atoms with Gasteiger partial charge in [0.25, 0.3) is 11.5 Å². The third kappa shape index (κ3) is 5.30. The van der Waals surface area contributed by atoms with Crippen LogP contribution in [0.1, 0.15) is 39.9 Å². The Labute approximate surface area is 188 Å². The van der Waals surface area contributed by atoms with Gasteiger partial charge in [0, 0.05) is 30.5 Å². The van der Waals surface area contributed by atoms with Gasteiger partial charge < -0.3 is 15.2 Å². The van der Waals surface area contributed by atoms with E-state index in [0.717, 1.165) is 29.5 Å². The largest absolute Gasteiger partial charge is 0.361 e. The Balaban J connectivity index is 1.53. The lowest BCUT2D eigenvalue weighted by Crippen LogP contribution is -2.26. The number of hydrogen-bond donors (Lipinski definition) is 3. The quantitative estimate of drug-likeness (QED) is 0.453. The summed E-state index contributed by atoms with van der Waals surface area (Å²) in [4.78, 5) is 29.7. The molecule has 3 aromatic rings. The van der Waals surface area contributed by atoms with Gasteiger partial charge in [0.2, 0.25) is 0 Å². The molecule has 8 nitrogen and oxygen atoms in total. The second-order valence-corrected chi connectivity index (χ2v) is 8.77. The maximum atomic E-state index is 13.1. The average molecular weight is 453 g/mol. The molecule has 1 unspecified atom stereocenters. The maximum absolute atomic E-state index is 13.1. The number of carbonyl (C=O) groups excluding carboxylic acids is 1. The van der Waals surface area contributed by atoms with Crippen molar-refractivity contribution in [3.05, 3.63) is 87.5 Å². The Morgan fingerprint density at radius 3 is 2.59 bits per heavy atom. The van der Waals surface area contributed by atoms with Gasteiger partial charge in [0.1, 0.15) is 0 Å². The molecule has 0 radical (unpaired) electrons. The van der Waals surface area contributed by atoms with Crippen molar-refractivity contribution in [1.29, 1.82) is 0 Å². The molecule has 0 saturated heterocycles. The zero-order chi connectivity index (χ0) is 22.7. The number of carbonyl (C=O) groups is 1. The summed E-state index contributed by atoms with van der Waals surface area (Å²) in [7, 11) is 0. The normalized spacial score (nSPS) is 14.1. The minimum Gasteiger partial charge on any atom is -0.361 e. The number of nitrogens with one attached hydrogen (secondary N) is 2. The molecule has 1 fully saturated rings. The highest BCUT2D eigenvalue weighted by atomic mass is 32.2. The summed E-state index contributed by atoms with van der Waals surface area (Å²) in [6.07, 6.45) is 5.14. The van der Waals surface area contributed by atoms with Crippen LogP contribution in [0.5, 0.6) is 0 Å². The van der Waals surface area contributed by atoms with Crippen molar-refractivity contribution in [3.8, 4) is 5.69 Å². The van der Waals surface area contributed by atoms with Crippen LogP contribution >= 0.6 is 0 Å². The van der Waals surface area contributed by atoms with Crippen LogP contribution in [0.4, 0.5) is 5.82 Å². The number of hydrogen-bond acceptors (Lipinski definition) is 5. The van der Waals surface area contributed by atoms with Gasteiger partial charge in [-0.25, -0.2) is 9.19 Å². The van der Waals surface area contributed by atoms with Crippen molar-refractivity contribution < 1.29 is 13.6 Å². The number of nitrogens with zero attached hydrogens (tertiary/aromatic N) is 2. The van der Waals surface area contributed by atoms with E-state index in [0.29, 0.717) is 17.8 Å². The summed E-state index contributed by atoms with van der Waals surface area (Å²) in [6.45, 7) is 2.26. The monoisotopic (exact) mass is 452 g/mol. The molecular weight excluding hydrogens is 428 g/mol. The molecule has 166 valence electrons. The minimum absolute atomic E-state index is 0.0791. The number of amides is 1. The molecule has 0 spiro atoms. The van der Waals surface area contributed by atoms with Gasteiger partial charge >= 0.3 is 0 Å². The summed E-state index contributed by atoms with van der Waals surface area (Å²) in [6, 6.07) is 12.8. The van der Waals surface area contributed by atoms with E-state index in [4.69, 9.17) is 4.55 Å². The van der Waals surface area contributed by atoms with E-state index in [1.54, 1.807) is 36.7 Å². The van der Waals surface area contributed by atoms with Crippen molar-refractivity contribution in [3.63, 3.8) is 0 Å². The van der Waals surface area contributed by atoms with Crippen molar-refractivity contribution in [2.75, 3.05) is 5.32 Å². The van der Waals surface area contributed by atoms with Crippen molar-refractivity contribution in [2.24, 2.45) is 0 Å². The Morgan fingerprint density at radius 1 is 1.19 bits per heavy atom. The molecule has 2 aromatic carbocycles. The van der Waals surface area contributed by atoms with Gasteiger partial charge in [0.05, 0.1) is 11.4 Å². The van der Waals surface area contributed by atoms with Crippen LogP contribution in [-0.4, -0.2) is 30.3 Å². The number of aryl methyl sites for hydroxylation is 1. The molecular formula is C23H24N4O4S. The van der Waals surface area contributed by atoms with Crippen molar-refractivity contribution in [2.45, 2.75) is 38.1 Å². The standard InChI is InChI=1S/C23H24N4O4S/c1-15-2-7-18(22(28)26-19-8-9-19)12-20(15)27-11-10-24-21(23(27)29)25-13-16-3-5-17(6-4-16)14-32(30)31/h2-7,10-12,19H,8-9,13-14H2,1H3,(H,24,25)(H,26,28)(H,30,31). The number of rotatable bonds is 8. The van der Waals surface area contributed by atoms with Gasteiger partial charge in [-0.05, 0) is 48.6 Å². The second-order valence-electron chi connectivity index (χ2n) is 7.84. The molecule has 1 saturated carbocycles. The van der Waals surface area contributed by atoms with Gasteiger partial charge in [-0.3, -0.25) is 14.2 Å². The lowest BCUT2D eigenvalue weighted by Gasteiger charge is -2.13. The third-order valence-corrected chi connectivity index (χ3v) is 5.84. The molecule has 0 aliphatic heterocycles. The van der Waals surface area contributed by atoms with E-state index >= 15 is 0 Å². The summed E-state index contributed by atoms with van der Waals surface area (Å²) in [5.74, 6) is 0.137. The highest BCUT2D eigenvalue weighted by Crippen LogP contribution is 2.21. The number of aromatic nitrogens is 2. The van der Waals surface area contributed by atoms with E-state index in [2.05, 4.69) is 15.6 Å². The maximum Gasteiger partial charge on any atom is 0.297 e. The van der Waals surface area contributed by atoms with E-state index < -0.39 is 11.1 Å². The lowest BCUT2D eigenvalue weighted by atomic mass is 10.1. The molecule has 3 N–H and O–H groups in total. The second kappa shape index (κ2) is 9.46. The molecule has 1 aliphatic carbocycles. The highest BCUT2D eigenvalue weighted by molar-refractivity contribution is 7.78. The minimum atomic E-state index is -1.88. The van der Waals surface area contributed by atoms with Gasteiger partial charge in [0.15, 0.2) is 16.9 Å². The molecule has 4 rings (SSSR count). The fraction of sp³-hybridized carbons (Fsp3) is 0.261. The van der Waals surface area contributed by atoms with E-state index in [9.17, 15) is 13.8 Å². The van der Waals surface area contributed by atoms with E-state index in [1.807, 2.05) is 25.1 Å². The molecule has 1 amide bonds. The molecule has 9 heteroatoms. The SMILES string of the molecule is Cc1ccc(C(=O)NC2CC2)cc1-n1ccnc(NCc2ccc(CS(=O)O)cc2)c1=O. The van der Waals surface area contributed by atoms with Crippen LogP contribution in [0, 0.1) is 6.92 Å². The number of benzene rings is 2. The fourth-order valence-electron chi connectivity index (χ4n) is 3.31. The first-order valence-electron chi connectivity index (χ1n) is 10.3. The van der Waals surface area contributed by atoms with E-state index in [1.165, 1.54) is 4.57 Å². The molecule has 1 heterocycles. The molecule has 1 atom stereocenters. The van der Waals surface area contributed by atoms with Gasteiger partial charge in [-0.2, -0.15) is 0 Å². The van der Waals surface area contributed by atoms with Gasteiger partial charge in [-0.15, -0.1) is 0 Å². The smallest absolute Gasteiger partial charge is 0.297 e. The summed E-state index contributed by atoms with van der Waals surface area (Å²) in [5, 5.41) is 6.02. The first-order chi connectivity index (χ1) is 15.4. The van der Waals surface area contributed by atoms with Crippen molar-refractivity contribution >= 4 is 22.8 Å². The highest BCUT2D eigenvalue weighted by Gasteiger charge is 2.24. The first kappa shape index (κ1) is 21.9.